The van der Waals surface area contributed by atoms with Gasteiger partial charge in [0, 0.05) is 11.6 Å². The molecule has 0 radical (unpaired) electrons. The number of rotatable bonds is 4. The number of carbonyl (C=O) groups excluding carboxylic acids is 2. The standard InChI is InChI=1S/C20H20N2O4/c1-25-11-4-3-10(16(7-11)26-2)9-21-22-19(23)17-12-5-6-13(15-8-14(12)15)18(17)20(22)24/h3-7,9,12-15,17-18H,8H2,1-2H3/b21-9-/t12-,13-,14-,15-,17+,18+/m1/s1. The van der Waals surface area contributed by atoms with Gasteiger partial charge >= 0.3 is 0 Å². The summed E-state index contributed by atoms with van der Waals surface area (Å²) in [7, 11) is 3.14. The predicted octanol–water partition coefficient (Wildman–Crippen LogP) is 2.09. The van der Waals surface area contributed by atoms with Crippen LogP contribution in [0.15, 0.2) is 35.5 Å². The van der Waals surface area contributed by atoms with Crippen molar-refractivity contribution in [2.75, 3.05) is 14.2 Å². The number of ether oxygens (including phenoxy) is 2. The van der Waals surface area contributed by atoms with Gasteiger partial charge < -0.3 is 9.47 Å². The van der Waals surface area contributed by atoms with Gasteiger partial charge in [0.05, 0.1) is 32.3 Å². The van der Waals surface area contributed by atoms with Gasteiger partial charge in [-0.05, 0) is 42.2 Å². The van der Waals surface area contributed by atoms with Crippen LogP contribution < -0.4 is 9.47 Å². The van der Waals surface area contributed by atoms with Crippen LogP contribution in [0.1, 0.15) is 12.0 Å². The van der Waals surface area contributed by atoms with Gasteiger partial charge in [-0.1, -0.05) is 12.2 Å². The smallest absolute Gasteiger partial charge is 0.254 e. The molecule has 2 bridgehead atoms. The molecule has 6 nitrogen and oxygen atoms in total. The minimum absolute atomic E-state index is 0.159. The molecule has 6 atom stereocenters. The summed E-state index contributed by atoms with van der Waals surface area (Å²) in [5.41, 5.74) is 0.688. The Hall–Kier alpha value is -2.63. The summed E-state index contributed by atoms with van der Waals surface area (Å²) in [6, 6.07) is 5.32. The summed E-state index contributed by atoms with van der Waals surface area (Å²) in [5.74, 6) is 2.08. The maximum Gasteiger partial charge on any atom is 0.254 e. The highest BCUT2D eigenvalue weighted by atomic mass is 16.5. The van der Waals surface area contributed by atoms with Crippen molar-refractivity contribution in [1.82, 2.24) is 5.01 Å². The highest BCUT2D eigenvalue weighted by Gasteiger charge is 2.67. The number of imide groups is 1. The summed E-state index contributed by atoms with van der Waals surface area (Å²) >= 11 is 0. The Bertz CT molecular complexity index is 825. The molecule has 0 aromatic heterocycles. The third kappa shape index (κ3) is 2.01. The highest BCUT2D eigenvalue weighted by Crippen LogP contribution is 2.65. The van der Waals surface area contributed by atoms with Gasteiger partial charge in [0.25, 0.3) is 11.8 Å². The lowest BCUT2D eigenvalue weighted by molar-refractivity contribution is -0.140. The van der Waals surface area contributed by atoms with E-state index >= 15 is 0 Å². The van der Waals surface area contributed by atoms with E-state index in [2.05, 4.69) is 17.3 Å². The number of carbonyl (C=O) groups is 2. The minimum Gasteiger partial charge on any atom is -0.497 e. The zero-order chi connectivity index (χ0) is 18.0. The van der Waals surface area contributed by atoms with E-state index in [4.69, 9.17) is 9.47 Å². The number of hydrogen-bond acceptors (Lipinski definition) is 5. The SMILES string of the molecule is COc1ccc(/C=N\N2C(=O)[C@H]3[C@@H]4C=C[C@H]([C@H]5C[C@H]45)[C@@H]3C2=O)c(OC)c1. The molecule has 134 valence electrons. The maximum absolute atomic E-state index is 12.9. The zero-order valence-electron chi connectivity index (χ0n) is 14.7. The molecule has 4 aliphatic carbocycles. The molecule has 1 aromatic rings. The van der Waals surface area contributed by atoms with Crippen LogP contribution in [-0.2, 0) is 9.59 Å². The fourth-order valence-electron chi connectivity index (χ4n) is 5.10. The lowest BCUT2D eigenvalue weighted by Gasteiger charge is -2.37. The summed E-state index contributed by atoms with van der Waals surface area (Å²) in [6.45, 7) is 0. The second kappa shape index (κ2) is 5.43. The van der Waals surface area contributed by atoms with Crippen molar-refractivity contribution >= 4 is 18.0 Å². The van der Waals surface area contributed by atoms with Crippen molar-refractivity contribution in [2.45, 2.75) is 6.42 Å². The van der Waals surface area contributed by atoms with Crippen molar-refractivity contribution in [3.8, 4) is 11.5 Å². The van der Waals surface area contributed by atoms with Gasteiger partial charge in [-0.15, -0.1) is 0 Å². The molecule has 3 fully saturated rings. The first-order valence-corrected chi connectivity index (χ1v) is 8.96. The van der Waals surface area contributed by atoms with Crippen LogP contribution >= 0.6 is 0 Å². The van der Waals surface area contributed by atoms with Crippen molar-refractivity contribution < 1.29 is 19.1 Å². The Balaban J connectivity index is 1.43. The number of hydrogen-bond donors (Lipinski definition) is 0. The average Bonchev–Trinajstić information content (AvgIpc) is 3.45. The van der Waals surface area contributed by atoms with E-state index in [1.807, 2.05) is 0 Å². The van der Waals surface area contributed by atoms with E-state index in [1.165, 1.54) is 6.21 Å². The van der Waals surface area contributed by atoms with Crippen LogP contribution in [0.3, 0.4) is 0 Å². The fourth-order valence-corrected chi connectivity index (χ4v) is 5.10. The summed E-state index contributed by atoms with van der Waals surface area (Å²) in [6.07, 6.45) is 6.99. The van der Waals surface area contributed by atoms with E-state index in [9.17, 15) is 9.59 Å². The molecule has 26 heavy (non-hydrogen) atoms. The maximum atomic E-state index is 12.9. The van der Waals surface area contributed by atoms with Crippen molar-refractivity contribution in [3.63, 3.8) is 0 Å². The van der Waals surface area contributed by atoms with Crippen LogP contribution in [0.4, 0.5) is 0 Å². The van der Waals surface area contributed by atoms with Gasteiger partial charge in [-0.3, -0.25) is 9.59 Å². The van der Waals surface area contributed by atoms with Crippen molar-refractivity contribution in [3.05, 3.63) is 35.9 Å². The first-order chi connectivity index (χ1) is 12.6. The summed E-state index contributed by atoms with van der Waals surface area (Å²) in [4.78, 5) is 25.8. The minimum atomic E-state index is -0.226. The van der Waals surface area contributed by atoms with Crippen LogP contribution in [0, 0.1) is 35.5 Å². The third-order valence-corrected chi connectivity index (χ3v) is 6.39. The molecule has 2 saturated carbocycles. The molecular formula is C20H20N2O4. The largest absolute Gasteiger partial charge is 0.497 e. The summed E-state index contributed by atoms with van der Waals surface area (Å²) < 4.78 is 10.5. The first kappa shape index (κ1) is 15.6. The molecule has 5 aliphatic rings. The lowest BCUT2D eigenvalue weighted by Crippen LogP contribution is -2.40. The second-order valence-electron chi connectivity index (χ2n) is 7.50. The number of amides is 2. The molecule has 0 unspecified atom stereocenters. The molecule has 2 amide bonds. The number of benzene rings is 1. The van der Waals surface area contributed by atoms with E-state index < -0.39 is 0 Å². The van der Waals surface area contributed by atoms with Crippen molar-refractivity contribution in [2.24, 2.45) is 40.6 Å². The van der Waals surface area contributed by atoms with E-state index in [0.29, 0.717) is 28.9 Å². The first-order valence-electron chi connectivity index (χ1n) is 8.96. The third-order valence-electron chi connectivity index (χ3n) is 6.39. The molecule has 1 aromatic carbocycles. The van der Waals surface area contributed by atoms with E-state index in [-0.39, 0.29) is 35.5 Å². The van der Waals surface area contributed by atoms with Gasteiger partial charge in [-0.2, -0.15) is 10.1 Å². The molecule has 6 rings (SSSR count). The van der Waals surface area contributed by atoms with Crippen LogP contribution in [0.5, 0.6) is 11.5 Å². The Labute approximate surface area is 151 Å². The molecular weight excluding hydrogens is 332 g/mol. The Morgan fingerprint density at radius 3 is 2.27 bits per heavy atom. The van der Waals surface area contributed by atoms with Crippen LogP contribution in [-0.4, -0.2) is 37.3 Å². The monoisotopic (exact) mass is 352 g/mol. The molecule has 0 N–H and O–H groups in total. The second-order valence-corrected chi connectivity index (χ2v) is 7.50. The lowest BCUT2D eigenvalue weighted by atomic mass is 9.63. The number of nitrogens with zero attached hydrogens (tertiary/aromatic N) is 2. The Morgan fingerprint density at radius 1 is 1.04 bits per heavy atom. The average molecular weight is 352 g/mol. The normalized spacial score (nSPS) is 36.5. The topological polar surface area (TPSA) is 68.2 Å². The molecule has 0 spiro atoms. The number of methoxy groups -OCH3 is 2. The van der Waals surface area contributed by atoms with Gasteiger partial charge in [0.2, 0.25) is 0 Å². The zero-order valence-corrected chi connectivity index (χ0v) is 14.7. The van der Waals surface area contributed by atoms with Crippen LogP contribution in [0.25, 0.3) is 0 Å². The predicted molar refractivity (Wildman–Crippen MR) is 93.7 cm³/mol. The van der Waals surface area contributed by atoms with Crippen molar-refractivity contribution in [1.29, 1.82) is 0 Å². The molecule has 1 saturated heterocycles. The van der Waals surface area contributed by atoms with E-state index in [0.717, 1.165) is 11.4 Å². The number of hydrazone groups is 1. The Morgan fingerprint density at radius 2 is 1.69 bits per heavy atom. The summed E-state index contributed by atoms with van der Waals surface area (Å²) in [5, 5.41) is 5.32. The Kier molecular flexibility index (Phi) is 3.26. The van der Waals surface area contributed by atoms with Gasteiger partial charge in [-0.25, -0.2) is 0 Å². The highest BCUT2D eigenvalue weighted by molar-refractivity contribution is 6.06. The molecule has 6 heteroatoms. The molecule has 1 heterocycles. The number of allylic oxidation sites excluding steroid dienone is 2. The van der Waals surface area contributed by atoms with E-state index in [1.54, 1.807) is 32.4 Å². The van der Waals surface area contributed by atoms with Gasteiger partial charge in [0.15, 0.2) is 0 Å². The van der Waals surface area contributed by atoms with Gasteiger partial charge in [0.1, 0.15) is 11.5 Å². The fraction of sp³-hybridized carbons (Fsp3) is 0.450. The molecule has 1 aliphatic heterocycles. The van der Waals surface area contributed by atoms with Crippen LogP contribution in [0.2, 0.25) is 0 Å². The quantitative estimate of drug-likeness (QED) is 0.473.